The molecule has 1 amide bonds. The molecule has 2 N–H and O–H groups in total. The SMILES string of the molecule is O=C1C(=Cc2c(NCCOCCO)nc3ccccn3c2=O)SC(=S)N1CCc1ccccc1. The normalized spacial score (nSPS) is 15.0. The summed E-state index contributed by atoms with van der Waals surface area (Å²) in [6.07, 6.45) is 3.89. The highest BCUT2D eigenvalue weighted by atomic mass is 32.2. The molecule has 0 saturated carbocycles. The fraction of sp³-hybridized carbons (Fsp3) is 0.250. The first-order chi connectivity index (χ1) is 16.6. The van der Waals surface area contributed by atoms with Crippen LogP contribution in [0.25, 0.3) is 11.7 Å². The van der Waals surface area contributed by atoms with Gasteiger partial charge < -0.3 is 15.2 Å². The van der Waals surface area contributed by atoms with Gasteiger partial charge in [0.15, 0.2) is 0 Å². The Bertz CT molecular complexity index is 1280. The Labute approximate surface area is 206 Å². The zero-order valence-electron chi connectivity index (χ0n) is 18.3. The van der Waals surface area contributed by atoms with Gasteiger partial charge in [0.1, 0.15) is 15.8 Å². The number of carbonyl (C=O) groups is 1. The van der Waals surface area contributed by atoms with E-state index in [0.717, 1.165) is 5.56 Å². The summed E-state index contributed by atoms with van der Waals surface area (Å²) in [6.45, 7) is 1.35. The van der Waals surface area contributed by atoms with E-state index in [1.54, 1.807) is 35.4 Å². The van der Waals surface area contributed by atoms with Gasteiger partial charge in [0.25, 0.3) is 11.5 Å². The highest BCUT2D eigenvalue weighted by molar-refractivity contribution is 8.26. The molecule has 2 aromatic heterocycles. The minimum Gasteiger partial charge on any atom is -0.394 e. The van der Waals surface area contributed by atoms with Crippen molar-refractivity contribution in [2.45, 2.75) is 6.42 Å². The van der Waals surface area contributed by atoms with E-state index in [-0.39, 0.29) is 30.2 Å². The van der Waals surface area contributed by atoms with E-state index in [1.807, 2.05) is 30.3 Å². The van der Waals surface area contributed by atoms with Gasteiger partial charge >= 0.3 is 0 Å². The van der Waals surface area contributed by atoms with Crippen molar-refractivity contribution < 1.29 is 14.6 Å². The smallest absolute Gasteiger partial charge is 0.267 e. The monoisotopic (exact) mass is 496 g/mol. The van der Waals surface area contributed by atoms with Crippen LogP contribution in [0.15, 0.2) is 64.4 Å². The maximum absolute atomic E-state index is 13.3. The molecular weight excluding hydrogens is 472 g/mol. The van der Waals surface area contributed by atoms with Gasteiger partial charge in [-0.15, -0.1) is 0 Å². The molecule has 1 aliphatic heterocycles. The van der Waals surface area contributed by atoms with Crippen LogP contribution in [0.4, 0.5) is 5.82 Å². The second kappa shape index (κ2) is 11.4. The minimum atomic E-state index is -0.293. The number of aliphatic hydroxyl groups is 1. The van der Waals surface area contributed by atoms with Crippen molar-refractivity contribution in [3.05, 3.63) is 81.1 Å². The van der Waals surface area contributed by atoms with Gasteiger partial charge in [-0.25, -0.2) is 4.98 Å². The lowest BCUT2D eigenvalue weighted by Gasteiger charge is -2.14. The summed E-state index contributed by atoms with van der Waals surface area (Å²) in [5.74, 6) is 0.138. The zero-order valence-corrected chi connectivity index (χ0v) is 20.0. The van der Waals surface area contributed by atoms with Gasteiger partial charge in [-0.05, 0) is 30.2 Å². The number of nitrogens with zero attached hydrogens (tertiary/aromatic N) is 3. The number of rotatable bonds is 10. The quantitative estimate of drug-likeness (QED) is 0.251. The van der Waals surface area contributed by atoms with Gasteiger partial charge in [-0.2, -0.15) is 0 Å². The molecule has 8 nitrogen and oxygen atoms in total. The van der Waals surface area contributed by atoms with E-state index < -0.39 is 0 Å². The molecule has 1 saturated heterocycles. The Balaban J connectivity index is 1.60. The average molecular weight is 497 g/mol. The predicted octanol–water partition coefficient (Wildman–Crippen LogP) is 2.56. The number of fused-ring (bicyclic) bond motifs is 1. The van der Waals surface area contributed by atoms with E-state index in [2.05, 4.69) is 10.3 Å². The van der Waals surface area contributed by atoms with Crippen molar-refractivity contribution in [3.63, 3.8) is 0 Å². The first-order valence-corrected chi connectivity index (χ1v) is 12.0. The molecule has 0 radical (unpaired) electrons. The molecule has 176 valence electrons. The molecule has 3 aromatic rings. The topological polar surface area (TPSA) is 96.2 Å². The Morgan fingerprint density at radius 2 is 1.91 bits per heavy atom. The van der Waals surface area contributed by atoms with Crippen LogP contribution in [0.5, 0.6) is 0 Å². The number of thiocarbonyl (C=S) groups is 1. The summed E-state index contributed by atoms with van der Waals surface area (Å²) in [5.41, 5.74) is 1.58. The fourth-order valence-electron chi connectivity index (χ4n) is 3.49. The molecular formula is C24H24N4O4S2. The number of ether oxygens (including phenoxy) is 1. The number of thioether (sulfide) groups is 1. The maximum atomic E-state index is 13.3. The second-order valence-electron chi connectivity index (χ2n) is 7.44. The maximum Gasteiger partial charge on any atom is 0.267 e. The van der Waals surface area contributed by atoms with Crippen LogP contribution in [0.1, 0.15) is 11.1 Å². The van der Waals surface area contributed by atoms with Crippen LogP contribution >= 0.6 is 24.0 Å². The van der Waals surface area contributed by atoms with Crippen molar-refractivity contribution in [2.75, 3.05) is 38.2 Å². The molecule has 0 aliphatic carbocycles. The van der Waals surface area contributed by atoms with Crippen LogP contribution in [-0.2, 0) is 16.0 Å². The highest BCUT2D eigenvalue weighted by Gasteiger charge is 2.32. The molecule has 3 heterocycles. The van der Waals surface area contributed by atoms with Crippen molar-refractivity contribution in [1.29, 1.82) is 0 Å². The molecule has 34 heavy (non-hydrogen) atoms. The number of amides is 1. The summed E-state index contributed by atoms with van der Waals surface area (Å²) in [4.78, 5) is 32.9. The van der Waals surface area contributed by atoms with E-state index in [9.17, 15) is 9.59 Å². The Morgan fingerprint density at radius 3 is 2.71 bits per heavy atom. The Hall–Kier alpha value is -3.05. The number of aliphatic hydroxyl groups excluding tert-OH is 1. The molecule has 4 rings (SSSR count). The summed E-state index contributed by atoms with van der Waals surface area (Å²) in [6, 6.07) is 15.2. The number of hydrogen-bond acceptors (Lipinski definition) is 8. The molecule has 1 aliphatic rings. The largest absolute Gasteiger partial charge is 0.394 e. The Kier molecular flexibility index (Phi) is 8.07. The molecule has 10 heteroatoms. The highest BCUT2D eigenvalue weighted by Crippen LogP contribution is 2.33. The van der Waals surface area contributed by atoms with E-state index in [4.69, 9.17) is 22.1 Å². The summed E-state index contributed by atoms with van der Waals surface area (Å²) >= 11 is 6.64. The van der Waals surface area contributed by atoms with Crippen LogP contribution < -0.4 is 10.9 Å². The van der Waals surface area contributed by atoms with Crippen LogP contribution in [0.3, 0.4) is 0 Å². The standard InChI is InChI=1S/C24H24N4O4S2/c29-13-15-32-14-10-25-21-18(22(30)27-11-5-4-8-20(27)26-21)16-19-23(31)28(24(33)34-19)12-9-17-6-2-1-3-7-17/h1-8,11,16,25,29H,9-10,12-15H2. The predicted molar refractivity (Wildman–Crippen MR) is 138 cm³/mol. The average Bonchev–Trinajstić information content (AvgIpc) is 3.12. The lowest BCUT2D eigenvalue weighted by molar-refractivity contribution is -0.122. The number of nitrogens with one attached hydrogen (secondary N) is 1. The molecule has 1 fully saturated rings. The number of benzene rings is 1. The van der Waals surface area contributed by atoms with E-state index in [1.165, 1.54) is 16.2 Å². The summed E-state index contributed by atoms with van der Waals surface area (Å²) in [5, 5.41) is 12.0. The summed E-state index contributed by atoms with van der Waals surface area (Å²) in [7, 11) is 0. The van der Waals surface area contributed by atoms with Crippen molar-refractivity contribution in [1.82, 2.24) is 14.3 Å². The van der Waals surface area contributed by atoms with Crippen molar-refractivity contribution in [3.8, 4) is 0 Å². The minimum absolute atomic E-state index is 0.0626. The molecule has 0 unspecified atom stereocenters. The molecule has 1 aromatic carbocycles. The first kappa shape index (κ1) is 24.1. The third-order valence-electron chi connectivity index (χ3n) is 5.16. The first-order valence-electron chi connectivity index (χ1n) is 10.8. The van der Waals surface area contributed by atoms with Gasteiger partial charge in [-0.1, -0.05) is 60.4 Å². The van der Waals surface area contributed by atoms with E-state index in [0.29, 0.717) is 46.8 Å². The van der Waals surface area contributed by atoms with Gasteiger partial charge in [0.2, 0.25) is 0 Å². The lowest BCUT2D eigenvalue weighted by Crippen LogP contribution is -2.30. The van der Waals surface area contributed by atoms with Crippen LogP contribution in [0.2, 0.25) is 0 Å². The third-order valence-corrected chi connectivity index (χ3v) is 6.54. The second-order valence-corrected chi connectivity index (χ2v) is 9.12. The Morgan fingerprint density at radius 1 is 1.12 bits per heavy atom. The molecule has 0 atom stereocenters. The summed E-state index contributed by atoms with van der Waals surface area (Å²) < 4.78 is 7.19. The number of carbonyl (C=O) groups excluding carboxylic acids is 1. The third kappa shape index (κ3) is 5.53. The van der Waals surface area contributed by atoms with Crippen molar-refractivity contribution in [2.24, 2.45) is 0 Å². The van der Waals surface area contributed by atoms with Gasteiger partial charge in [-0.3, -0.25) is 18.9 Å². The van der Waals surface area contributed by atoms with Crippen LogP contribution in [0, 0.1) is 0 Å². The zero-order chi connectivity index (χ0) is 23.9. The van der Waals surface area contributed by atoms with Crippen molar-refractivity contribution >= 4 is 51.7 Å². The number of anilines is 1. The van der Waals surface area contributed by atoms with Gasteiger partial charge in [0.05, 0.1) is 30.3 Å². The van der Waals surface area contributed by atoms with E-state index >= 15 is 0 Å². The number of aromatic nitrogens is 2. The molecule has 0 bridgehead atoms. The van der Waals surface area contributed by atoms with Gasteiger partial charge in [0, 0.05) is 19.3 Å². The number of pyridine rings is 1. The fourth-order valence-corrected chi connectivity index (χ4v) is 4.78. The molecule has 0 spiro atoms. The lowest BCUT2D eigenvalue weighted by atomic mass is 10.1. The number of hydrogen-bond donors (Lipinski definition) is 2. The van der Waals surface area contributed by atoms with Crippen LogP contribution in [-0.4, -0.2) is 62.5 Å².